The van der Waals surface area contributed by atoms with E-state index < -0.39 is 0 Å². The van der Waals surface area contributed by atoms with E-state index in [-0.39, 0.29) is 0 Å². The Morgan fingerprint density at radius 1 is 1.24 bits per heavy atom. The number of nitrogens with one attached hydrogen (secondary N) is 1. The van der Waals surface area contributed by atoms with E-state index in [1.165, 1.54) is 63.0 Å². The number of methoxy groups -OCH3 is 1. The van der Waals surface area contributed by atoms with E-state index in [9.17, 15) is 0 Å². The number of rotatable bonds is 5. The Hall–Kier alpha value is -1.06. The Morgan fingerprint density at radius 3 is 2.76 bits per heavy atom. The van der Waals surface area contributed by atoms with Crippen molar-refractivity contribution in [2.75, 3.05) is 33.3 Å². The fourth-order valence-electron chi connectivity index (χ4n) is 3.74. The predicted octanol–water partition coefficient (Wildman–Crippen LogP) is 3.00. The number of piperidine rings is 1. The van der Waals surface area contributed by atoms with Gasteiger partial charge in [0.2, 0.25) is 0 Å². The lowest BCUT2D eigenvalue weighted by Gasteiger charge is -2.31. The maximum Gasteiger partial charge on any atom is 0.119 e. The summed E-state index contributed by atoms with van der Waals surface area (Å²) in [5.41, 5.74) is 2.95. The smallest absolute Gasteiger partial charge is 0.119 e. The third-order valence-electron chi connectivity index (χ3n) is 5.24. The number of hydrogen-bond acceptors (Lipinski definition) is 3. The van der Waals surface area contributed by atoms with Crippen molar-refractivity contribution in [1.29, 1.82) is 0 Å². The van der Waals surface area contributed by atoms with Gasteiger partial charge in [0.15, 0.2) is 0 Å². The molecule has 3 rings (SSSR count). The van der Waals surface area contributed by atoms with E-state index in [4.69, 9.17) is 4.74 Å². The molecule has 0 radical (unpaired) electrons. The highest BCUT2D eigenvalue weighted by atomic mass is 16.5. The highest BCUT2D eigenvalue weighted by Gasteiger charge is 2.24. The molecular formula is C18H28N2O. The van der Waals surface area contributed by atoms with Gasteiger partial charge in [-0.2, -0.15) is 0 Å². The molecule has 1 aromatic rings. The molecule has 0 aromatic heterocycles. The molecule has 3 nitrogen and oxygen atoms in total. The number of fused-ring (bicyclic) bond motifs is 1. The van der Waals surface area contributed by atoms with E-state index >= 15 is 0 Å². The number of benzene rings is 1. The summed E-state index contributed by atoms with van der Waals surface area (Å²) in [5, 5.41) is 3.82. The second-order valence-electron chi connectivity index (χ2n) is 6.44. The number of nitrogens with zero attached hydrogens (tertiary/aromatic N) is 1. The topological polar surface area (TPSA) is 24.5 Å². The SMILES string of the molecule is CCN1CCC(CNC2CCc3ccc(OC)cc32)CC1. The quantitative estimate of drug-likeness (QED) is 0.901. The van der Waals surface area contributed by atoms with Crippen molar-refractivity contribution < 1.29 is 4.74 Å². The van der Waals surface area contributed by atoms with Gasteiger partial charge in [0.25, 0.3) is 0 Å². The van der Waals surface area contributed by atoms with Gasteiger partial charge in [0, 0.05) is 6.04 Å². The van der Waals surface area contributed by atoms with E-state index in [2.05, 4.69) is 35.3 Å². The summed E-state index contributed by atoms with van der Waals surface area (Å²) in [6.45, 7) is 7.19. The van der Waals surface area contributed by atoms with Crippen LogP contribution in [0.3, 0.4) is 0 Å². The van der Waals surface area contributed by atoms with E-state index in [0.717, 1.165) is 11.7 Å². The van der Waals surface area contributed by atoms with Gasteiger partial charge in [-0.25, -0.2) is 0 Å². The summed E-state index contributed by atoms with van der Waals surface area (Å²) in [5.74, 6) is 1.83. The van der Waals surface area contributed by atoms with Crippen LogP contribution < -0.4 is 10.1 Å². The molecule has 1 heterocycles. The van der Waals surface area contributed by atoms with Crippen molar-refractivity contribution in [3.05, 3.63) is 29.3 Å². The average Bonchev–Trinajstić information content (AvgIpc) is 2.95. The Balaban J connectivity index is 1.54. The molecule has 1 aliphatic carbocycles. The van der Waals surface area contributed by atoms with Crippen molar-refractivity contribution in [2.45, 2.75) is 38.6 Å². The first-order chi connectivity index (χ1) is 10.3. The lowest BCUT2D eigenvalue weighted by Crippen LogP contribution is -2.37. The normalized spacial score (nSPS) is 23.2. The first-order valence-electron chi connectivity index (χ1n) is 8.42. The minimum Gasteiger partial charge on any atom is -0.497 e. The van der Waals surface area contributed by atoms with Gasteiger partial charge in [0.1, 0.15) is 5.75 Å². The van der Waals surface area contributed by atoms with Crippen molar-refractivity contribution in [3.8, 4) is 5.75 Å². The van der Waals surface area contributed by atoms with Crippen molar-refractivity contribution in [3.63, 3.8) is 0 Å². The highest BCUT2D eigenvalue weighted by molar-refractivity contribution is 5.40. The van der Waals surface area contributed by atoms with Crippen LogP contribution in [-0.2, 0) is 6.42 Å². The molecule has 21 heavy (non-hydrogen) atoms. The van der Waals surface area contributed by atoms with Crippen LogP contribution in [0, 0.1) is 5.92 Å². The molecule has 1 saturated heterocycles. The van der Waals surface area contributed by atoms with Gasteiger partial charge in [0.05, 0.1) is 7.11 Å². The first-order valence-corrected chi connectivity index (χ1v) is 8.42. The Bertz CT molecular complexity index is 466. The van der Waals surface area contributed by atoms with Gasteiger partial charge in [-0.1, -0.05) is 13.0 Å². The highest BCUT2D eigenvalue weighted by Crippen LogP contribution is 2.34. The Morgan fingerprint density at radius 2 is 2.05 bits per heavy atom. The van der Waals surface area contributed by atoms with Crippen LogP contribution >= 0.6 is 0 Å². The number of ether oxygens (including phenoxy) is 1. The molecule has 0 spiro atoms. The third kappa shape index (κ3) is 3.41. The summed E-state index contributed by atoms with van der Waals surface area (Å²) in [6, 6.07) is 7.07. The van der Waals surface area contributed by atoms with Crippen LogP contribution in [0.4, 0.5) is 0 Å². The summed E-state index contributed by atoms with van der Waals surface area (Å²) >= 11 is 0. The zero-order chi connectivity index (χ0) is 14.7. The predicted molar refractivity (Wildman–Crippen MR) is 86.9 cm³/mol. The van der Waals surface area contributed by atoms with Crippen LogP contribution in [-0.4, -0.2) is 38.2 Å². The summed E-state index contributed by atoms with van der Waals surface area (Å²) < 4.78 is 5.37. The Kier molecular flexibility index (Phi) is 4.81. The van der Waals surface area contributed by atoms with Crippen molar-refractivity contribution in [1.82, 2.24) is 10.2 Å². The van der Waals surface area contributed by atoms with Gasteiger partial charge in [-0.05, 0) is 81.0 Å². The molecule has 1 N–H and O–H groups in total. The molecule has 3 heteroatoms. The van der Waals surface area contributed by atoms with Gasteiger partial charge >= 0.3 is 0 Å². The number of hydrogen-bond donors (Lipinski definition) is 1. The molecule has 1 fully saturated rings. The maximum absolute atomic E-state index is 5.37. The molecule has 1 aromatic carbocycles. The second-order valence-corrected chi connectivity index (χ2v) is 6.44. The molecule has 0 bridgehead atoms. The number of aryl methyl sites for hydroxylation is 1. The fourth-order valence-corrected chi connectivity index (χ4v) is 3.74. The molecule has 1 aliphatic heterocycles. The zero-order valence-electron chi connectivity index (χ0n) is 13.4. The maximum atomic E-state index is 5.37. The third-order valence-corrected chi connectivity index (χ3v) is 5.24. The minimum absolute atomic E-state index is 0.527. The van der Waals surface area contributed by atoms with Crippen LogP contribution in [0.2, 0.25) is 0 Å². The molecule has 0 amide bonds. The van der Waals surface area contributed by atoms with Gasteiger partial charge < -0.3 is 15.0 Å². The summed E-state index contributed by atoms with van der Waals surface area (Å²) in [4.78, 5) is 2.56. The van der Waals surface area contributed by atoms with Crippen LogP contribution in [0.25, 0.3) is 0 Å². The minimum atomic E-state index is 0.527. The first kappa shape index (κ1) is 14.9. The fraction of sp³-hybridized carbons (Fsp3) is 0.667. The lowest BCUT2D eigenvalue weighted by atomic mass is 9.96. The van der Waals surface area contributed by atoms with Crippen LogP contribution in [0.5, 0.6) is 5.75 Å². The van der Waals surface area contributed by atoms with Gasteiger partial charge in [-0.3, -0.25) is 0 Å². The summed E-state index contributed by atoms with van der Waals surface area (Å²) in [7, 11) is 1.75. The monoisotopic (exact) mass is 288 g/mol. The molecule has 2 aliphatic rings. The molecular weight excluding hydrogens is 260 g/mol. The Labute approximate surface area is 128 Å². The zero-order valence-corrected chi connectivity index (χ0v) is 13.4. The van der Waals surface area contributed by atoms with Crippen LogP contribution in [0.15, 0.2) is 18.2 Å². The van der Waals surface area contributed by atoms with E-state index in [0.29, 0.717) is 6.04 Å². The standard InChI is InChI=1S/C18H28N2O/c1-3-20-10-8-14(9-11-20)13-19-18-7-5-15-4-6-16(21-2)12-17(15)18/h4,6,12,14,18-19H,3,5,7-11,13H2,1-2H3. The summed E-state index contributed by atoms with van der Waals surface area (Å²) in [6.07, 6.45) is 5.12. The molecule has 0 saturated carbocycles. The van der Waals surface area contributed by atoms with Crippen molar-refractivity contribution >= 4 is 0 Å². The van der Waals surface area contributed by atoms with E-state index in [1.807, 2.05) is 0 Å². The number of likely N-dealkylation sites (tertiary alicyclic amines) is 1. The van der Waals surface area contributed by atoms with Crippen LogP contribution in [0.1, 0.15) is 43.4 Å². The van der Waals surface area contributed by atoms with Gasteiger partial charge in [-0.15, -0.1) is 0 Å². The lowest BCUT2D eigenvalue weighted by molar-refractivity contribution is 0.187. The molecule has 116 valence electrons. The van der Waals surface area contributed by atoms with E-state index in [1.54, 1.807) is 7.11 Å². The molecule has 1 unspecified atom stereocenters. The average molecular weight is 288 g/mol. The van der Waals surface area contributed by atoms with Crippen molar-refractivity contribution in [2.24, 2.45) is 5.92 Å². The second kappa shape index (κ2) is 6.80. The molecule has 1 atom stereocenters. The largest absolute Gasteiger partial charge is 0.497 e.